The van der Waals surface area contributed by atoms with Crippen molar-refractivity contribution >= 4 is 28.2 Å². The van der Waals surface area contributed by atoms with E-state index in [1.807, 2.05) is 36.4 Å². The van der Waals surface area contributed by atoms with E-state index in [-0.39, 0.29) is 28.2 Å². The summed E-state index contributed by atoms with van der Waals surface area (Å²) in [5.74, 6) is 0. The van der Waals surface area contributed by atoms with Crippen LogP contribution in [0.2, 0.25) is 0 Å². The second-order valence-electron chi connectivity index (χ2n) is 3.63. The third-order valence-corrected chi connectivity index (χ3v) is 2.52. The second kappa shape index (κ2) is 8.58. The van der Waals surface area contributed by atoms with Crippen LogP contribution < -0.4 is 0 Å². The van der Waals surface area contributed by atoms with Gasteiger partial charge in [0, 0.05) is 28.0 Å². The molecular formula is C14H12B2N2O2. The molecule has 2 aromatic rings. The summed E-state index contributed by atoms with van der Waals surface area (Å²) in [5, 5.41) is 24.7. The highest BCUT2D eigenvalue weighted by atomic mass is 16.4. The van der Waals surface area contributed by atoms with Gasteiger partial charge in [-0.2, -0.15) is 0 Å². The normalized spacial score (nSPS) is 11.2. The molecule has 96 valence electrons. The van der Waals surface area contributed by atoms with E-state index in [1.165, 1.54) is 0 Å². The summed E-state index contributed by atoms with van der Waals surface area (Å²) >= 11 is 0. The van der Waals surface area contributed by atoms with Crippen LogP contribution in [-0.4, -0.2) is 38.7 Å². The Labute approximate surface area is 121 Å². The van der Waals surface area contributed by atoms with Gasteiger partial charge in [0.05, 0.1) is 0 Å². The van der Waals surface area contributed by atoms with Crippen molar-refractivity contribution in [2.45, 2.75) is 0 Å². The average molecular weight is 262 g/mol. The summed E-state index contributed by atoms with van der Waals surface area (Å²) in [7, 11) is 0. The van der Waals surface area contributed by atoms with E-state index < -0.39 is 0 Å². The molecule has 0 atom stereocenters. The summed E-state index contributed by atoms with van der Waals surface area (Å²) in [6, 6.07) is 18.1. The second-order valence-corrected chi connectivity index (χ2v) is 3.63. The fraction of sp³-hybridized carbons (Fsp3) is 0. The van der Waals surface area contributed by atoms with Crippen LogP contribution in [0.25, 0.3) is 0 Å². The van der Waals surface area contributed by atoms with E-state index in [0.717, 1.165) is 0 Å². The molecule has 2 rings (SSSR count). The highest BCUT2D eigenvalue weighted by Crippen LogP contribution is 2.09. The molecule has 0 aliphatic carbocycles. The van der Waals surface area contributed by atoms with Gasteiger partial charge in [-0.1, -0.05) is 71.0 Å². The van der Waals surface area contributed by atoms with Crippen molar-refractivity contribution in [3.05, 3.63) is 71.8 Å². The topological polar surface area (TPSA) is 65.2 Å². The molecule has 0 heterocycles. The summed E-state index contributed by atoms with van der Waals surface area (Å²) < 4.78 is 0. The predicted octanol–water partition coefficient (Wildman–Crippen LogP) is 1.98. The fourth-order valence-electron chi connectivity index (χ4n) is 1.68. The third-order valence-electron chi connectivity index (χ3n) is 2.52. The Hall–Kier alpha value is -2.49. The number of rotatable bonds is 3. The minimum Gasteiger partial charge on any atom is -0.410 e. The van der Waals surface area contributed by atoms with Gasteiger partial charge >= 0.3 is 0 Å². The van der Waals surface area contributed by atoms with Crippen LogP contribution in [0.5, 0.6) is 0 Å². The van der Waals surface area contributed by atoms with Crippen molar-refractivity contribution in [3.63, 3.8) is 0 Å². The monoisotopic (exact) mass is 262 g/mol. The molecule has 2 aromatic carbocycles. The lowest BCUT2D eigenvalue weighted by Gasteiger charge is -2.06. The maximum Gasteiger partial charge on any atom is 0.139 e. The van der Waals surface area contributed by atoms with Crippen molar-refractivity contribution in [2.75, 3.05) is 0 Å². The Kier molecular flexibility index (Phi) is 7.52. The van der Waals surface area contributed by atoms with E-state index in [4.69, 9.17) is 10.4 Å². The zero-order valence-corrected chi connectivity index (χ0v) is 10.7. The van der Waals surface area contributed by atoms with E-state index in [1.54, 1.807) is 24.3 Å². The first kappa shape index (κ1) is 17.5. The summed E-state index contributed by atoms with van der Waals surface area (Å²) in [4.78, 5) is 0. The van der Waals surface area contributed by atoms with E-state index >= 15 is 0 Å². The zero-order valence-electron chi connectivity index (χ0n) is 10.7. The highest BCUT2D eigenvalue weighted by molar-refractivity contribution is 6.53. The van der Waals surface area contributed by atoms with Gasteiger partial charge in [-0.3, -0.25) is 0 Å². The number of hydrogen-bond donors (Lipinski definition) is 2. The van der Waals surface area contributed by atoms with Crippen LogP contribution in [0.15, 0.2) is 71.0 Å². The minimum absolute atomic E-state index is 0. The van der Waals surface area contributed by atoms with Crippen molar-refractivity contribution in [2.24, 2.45) is 10.3 Å². The quantitative estimate of drug-likeness (QED) is 0.384. The molecule has 0 aliphatic heterocycles. The van der Waals surface area contributed by atoms with Crippen molar-refractivity contribution in [1.82, 2.24) is 0 Å². The van der Waals surface area contributed by atoms with Crippen LogP contribution in [0.3, 0.4) is 0 Å². The van der Waals surface area contributed by atoms with Gasteiger partial charge in [0.2, 0.25) is 0 Å². The van der Waals surface area contributed by atoms with Crippen molar-refractivity contribution in [3.8, 4) is 0 Å². The van der Waals surface area contributed by atoms with Crippen LogP contribution in [-0.2, 0) is 0 Å². The molecule has 20 heavy (non-hydrogen) atoms. The Morgan fingerprint density at radius 1 is 0.600 bits per heavy atom. The number of benzene rings is 2. The Bertz CT molecular complexity index is 519. The van der Waals surface area contributed by atoms with Crippen LogP contribution in [0.4, 0.5) is 0 Å². The molecule has 0 spiro atoms. The lowest BCUT2D eigenvalue weighted by molar-refractivity contribution is 0.314. The summed E-state index contributed by atoms with van der Waals surface area (Å²) in [6.07, 6.45) is 0. The minimum atomic E-state index is 0. The molecule has 0 fully saturated rings. The molecular weight excluding hydrogens is 250 g/mol. The molecule has 0 saturated heterocycles. The average Bonchev–Trinajstić information content (AvgIpc) is 2.46. The highest BCUT2D eigenvalue weighted by Gasteiger charge is 2.15. The Morgan fingerprint density at radius 3 is 1.15 bits per heavy atom. The number of oxime groups is 2. The van der Waals surface area contributed by atoms with Gasteiger partial charge in [0.15, 0.2) is 0 Å². The molecule has 4 nitrogen and oxygen atoms in total. The lowest BCUT2D eigenvalue weighted by Crippen LogP contribution is -2.17. The molecule has 0 aromatic heterocycles. The Balaban J connectivity index is 0.00000180. The van der Waals surface area contributed by atoms with Crippen molar-refractivity contribution in [1.29, 1.82) is 0 Å². The fourth-order valence-corrected chi connectivity index (χ4v) is 1.68. The van der Waals surface area contributed by atoms with Gasteiger partial charge in [-0.05, 0) is 0 Å². The molecule has 0 aliphatic rings. The molecule has 0 saturated carbocycles. The summed E-state index contributed by atoms with van der Waals surface area (Å²) in [5.41, 5.74) is 1.81. The largest absolute Gasteiger partial charge is 0.410 e. The smallest absolute Gasteiger partial charge is 0.139 e. The van der Waals surface area contributed by atoms with Gasteiger partial charge in [0.1, 0.15) is 11.4 Å². The first-order valence-corrected chi connectivity index (χ1v) is 5.42. The lowest BCUT2D eigenvalue weighted by atomic mass is 10.0. The van der Waals surface area contributed by atoms with Gasteiger partial charge in [0.25, 0.3) is 0 Å². The first-order chi connectivity index (χ1) is 8.86. The molecule has 6 radical (unpaired) electrons. The van der Waals surface area contributed by atoms with E-state index in [9.17, 15) is 0 Å². The third kappa shape index (κ3) is 3.75. The maximum atomic E-state index is 9.14. The van der Waals surface area contributed by atoms with Gasteiger partial charge < -0.3 is 10.4 Å². The molecule has 2 N–H and O–H groups in total. The molecule has 0 amide bonds. The van der Waals surface area contributed by atoms with Crippen LogP contribution in [0, 0.1) is 0 Å². The van der Waals surface area contributed by atoms with Crippen LogP contribution in [0.1, 0.15) is 11.1 Å². The SMILES string of the molecule is ON=C(C(=NO)c1ccccc1)c1ccccc1.[B].[B]. The van der Waals surface area contributed by atoms with Gasteiger partial charge in [-0.25, -0.2) is 0 Å². The summed E-state index contributed by atoms with van der Waals surface area (Å²) in [6.45, 7) is 0. The number of nitrogens with zero attached hydrogens (tertiary/aromatic N) is 2. The number of hydrogen-bond acceptors (Lipinski definition) is 4. The van der Waals surface area contributed by atoms with E-state index in [2.05, 4.69) is 10.3 Å². The Morgan fingerprint density at radius 2 is 0.900 bits per heavy atom. The molecule has 0 bridgehead atoms. The van der Waals surface area contributed by atoms with Crippen LogP contribution >= 0.6 is 0 Å². The predicted molar refractivity (Wildman–Crippen MR) is 81.0 cm³/mol. The molecule has 0 unspecified atom stereocenters. The van der Waals surface area contributed by atoms with E-state index in [0.29, 0.717) is 11.1 Å². The van der Waals surface area contributed by atoms with Gasteiger partial charge in [-0.15, -0.1) is 0 Å². The maximum absolute atomic E-state index is 9.14. The van der Waals surface area contributed by atoms with Crippen molar-refractivity contribution < 1.29 is 10.4 Å². The zero-order chi connectivity index (χ0) is 12.8. The standard InChI is InChI=1S/C14H12N2O2.2B/c17-15-13(11-7-3-1-4-8-11)14(16-18)12-9-5-2-6-10-12;;/h1-10,17-18H;;. The first-order valence-electron chi connectivity index (χ1n) is 5.42. The molecule has 6 heteroatoms.